The van der Waals surface area contributed by atoms with E-state index in [0.29, 0.717) is 36.8 Å². The third-order valence-corrected chi connectivity index (χ3v) is 6.56. The minimum absolute atomic E-state index is 0.285. The molecule has 6 nitrogen and oxygen atoms in total. The van der Waals surface area contributed by atoms with Crippen LogP contribution in [0, 0.1) is 5.92 Å². The fourth-order valence-electron chi connectivity index (χ4n) is 3.54. The minimum atomic E-state index is -0.285. The third-order valence-electron chi connectivity index (χ3n) is 5.53. The van der Waals surface area contributed by atoms with E-state index < -0.39 is 0 Å². The lowest BCUT2D eigenvalue weighted by atomic mass is 10.1. The zero-order valence-corrected chi connectivity index (χ0v) is 21.5. The SMILES string of the molecule is CCOc1cc(/C2=C/C(C)=N/C=C\C(C)CCC(Sc3ccc(CCC(N)=O)cc3)=N2)ccc1N. The van der Waals surface area contributed by atoms with E-state index in [0.717, 1.165) is 45.3 Å². The van der Waals surface area contributed by atoms with Crippen molar-refractivity contribution in [3.05, 3.63) is 71.9 Å². The smallest absolute Gasteiger partial charge is 0.217 e. The molecule has 0 spiro atoms. The van der Waals surface area contributed by atoms with Crippen LogP contribution < -0.4 is 16.2 Å². The number of anilines is 1. The summed E-state index contributed by atoms with van der Waals surface area (Å²) in [5.74, 6) is 0.752. The van der Waals surface area contributed by atoms with Gasteiger partial charge in [0.25, 0.3) is 0 Å². The number of hydrogen-bond donors (Lipinski definition) is 2. The molecule has 1 aliphatic rings. The van der Waals surface area contributed by atoms with Gasteiger partial charge < -0.3 is 16.2 Å². The predicted molar refractivity (Wildman–Crippen MR) is 148 cm³/mol. The van der Waals surface area contributed by atoms with E-state index in [2.05, 4.69) is 30.1 Å². The first kappa shape index (κ1) is 26.3. The highest BCUT2D eigenvalue weighted by atomic mass is 32.2. The Morgan fingerprint density at radius 2 is 1.97 bits per heavy atom. The standard InChI is InChI=1S/C28H34N4O2S/c1-4-34-26-18-22(9-12-24(26)29)25-17-20(3)31-16-15-19(2)5-14-28(32-25)35-23-10-6-21(7-11-23)8-13-27(30)33/h6-7,9-12,15-19H,4-5,8,13-14,29H2,1-3H3,(H2,30,33)/b16-15-,25-17-,31-20+,32-28?. The van der Waals surface area contributed by atoms with Crippen molar-refractivity contribution in [1.82, 2.24) is 0 Å². The van der Waals surface area contributed by atoms with Gasteiger partial charge in [-0.3, -0.25) is 9.79 Å². The lowest BCUT2D eigenvalue weighted by Gasteiger charge is -2.13. The van der Waals surface area contributed by atoms with Gasteiger partial charge in [0.2, 0.25) is 5.91 Å². The van der Waals surface area contributed by atoms with E-state index in [-0.39, 0.29) is 5.91 Å². The average molecular weight is 491 g/mol. The van der Waals surface area contributed by atoms with Crippen LogP contribution in [0.1, 0.15) is 51.2 Å². The van der Waals surface area contributed by atoms with Crippen molar-refractivity contribution in [3.63, 3.8) is 0 Å². The highest BCUT2D eigenvalue weighted by molar-refractivity contribution is 8.14. The monoisotopic (exact) mass is 490 g/mol. The number of carbonyl (C=O) groups is 1. The zero-order chi connectivity index (χ0) is 25.2. The summed E-state index contributed by atoms with van der Waals surface area (Å²) in [4.78, 5) is 21.9. The summed E-state index contributed by atoms with van der Waals surface area (Å²) in [7, 11) is 0. The number of nitrogens with zero attached hydrogens (tertiary/aromatic N) is 2. The van der Waals surface area contributed by atoms with E-state index in [1.54, 1.807) is 11.8 Å². The number of hydrogen-bond acceptors (Lipinski definition) is 6. The second-order valence-corrected chi connectivity index (χ2v) is 9.71. The molecule has 0 radical (unpaired) electrons. The van der Waals surface area contributed by atoms with Crippen LogP contribution in [0.15, 0.2) is 75.7 Å². The van der Waals surface area contributed by atoms with Gasteiger partial charge in [-0.25, -0.2) is 4.99 Å². The lowest BCUT2D eigenvalue weighted by molar-refractivity contribution is -0.117. The maximum absolute atomic E-state index is 11.1. The molecule has 2 aromatic carbocycles. The summed E-state index contributed by atoms with van der Waals surface area (Å²) >= 11 is 1.66. The van der Waals surface area contributed by atoms with E-state index >= 15 is 0 Å². The number of carbonyl (C=O) groups excluding carboxylic acids is 1. The van der Waals surface area contributed by atoms with Crippen LogP contribution in [-0.2, 0) is 11.2 Å². The van der Waals surface area contributed by atoms with Gasteiger partial charge in [-0.2, -0.15) is 0 Å². The maximum Gasteiger partial charge on any atom is 0.217 e. The first-order valence-corrected chi connectivity index (χ1v) is 12.7. The molecule has 1 amide bonds. The maximum atomic E-state index is 11.1. The molecule has 3 rings (SSSR count). The lowest BCUT2D eigenvalue weighted by Crippen LogP contribution is -2.11. The van der Waals surface area contributed by atoms with E-state index in [9.17, 15) is 4.79 Å². The van der Waals surface area contributed by atoms with Gasteiger partial charge in [0.05, 0.1) is 23.0 Å². The van der Waals surface area contributed by atoms with Gasteiger partial charge >= 0.3 is 0 Å². The highest BCUT2D eigenvalue weighted by Gasteiger charge is 2.12. The molecule has 1 unspecified atom stereocenters. The fraction of sp³-hybridized carbons (Fsp3) is 0.321. The van der Waals surface area contributed by atoms with Gasteiger partial charge in [0.15, 0.2) is 0 Å². The second kappa shape index (κ2) is 13.0. The number of thioether (sulfide) groups is 1. The molecule has 1 aliphatic heterocycles. The first-order chi connectivity index (χ1) is 16.8. The van der Waals surface area contributed by atoms with Crippen LogP contribution >= 0.6 is 11.8 Å². The normalized spacial score (nSPS) is 20.4. The Hall–Kier alpha value is -3.32. The summed E-state index contributed by atoms with van der Waals surface area (Å²) in [5.41, 5.74) is 15.7. The number of ether oxygens (including phenoxy) is 1. The number of nitrogens with two attached hydrogens (primary N) is 2. The summed E-state index contributed by atoms with van der Waals surface area (Å²) in [5, 5.41) is 1.02. The molecule has 184 valence electrons. The van der Waals surface area contributed by atoms with Crippen LogP contribution in [0.5, 0.6) is 5.75 Å². The van der Waals surface area contributed by atoms with Gasteiger partial charge in [0, 0.05) is 28.8 Å². The van der Waals surface area contributed by atoms with Crippen molar-refractivity contribution in [2.75, 3.05) is 12.3 Å². The summed E-state index contributed by atoms with van der Waals surface area (Å²) in [6, 6.07) is 14.0. The number of aliphatic imine (C=N–C) groups is 2. The number of rotatable bonds is 7. The van der Waals surface area contributed by atoms with Gasteiger partial charge in [-0.15, -0.1) is 0 Å². The molecule has 0 saturated carbocycles. The molecule has 7 heteroatoms. The Bertz CT molecular complexity index is 1150. The minimum Gasteiger partial charge on any atom is -0.492 e. The topological polar surface area (TPSA) is 103 Å². The molecule has 0 saturated heterocycles. The molecule has 0 aliphatic carbocycles. The largest absolute Gasteiger partial charge is 0.492 e. The third kappa shape index (κ3) is 8.44. The molecule has 0 fully saturated rings. The van der Waals surface area contributed by atoms with Gasteiger partial charge in [-0.05, 0) is 74.9 Å². The van der Waals surface area contributed by atoms with E-state index in [4.69, 9.17) is 21.2 Å². The van der Waals surface area contributed by atoms with Crippen LogP contribution in [-0.4, -0.2) is 23.3 Å². The molecule has 4 N–H and O–H groups in total. The number of benzene rings is 2. The Balaban J connectivity index is 1.96. The van der Waals surface area contributed by atoms with Gasteiger partial charge in [-0.1, -0.05) is 43.0 Å². The Morgan fingerprint density at radius 1 is 1.20 bits per heavy atom. The van der Waals surface area contributed by atoms with Crippen LogP contribution in [0.3, 0.4) is 0 Å². The molecule has 1 heterocycles. The summed E-state index contributed by atoms with van der Waals surface area (Å²) in [6.45, 7) is 6.64. The number of primary amides is 1. The fourth-order valence-corrected chi connectivity index (χ4v) is 4.44. The summed E-state index contributed by atoms with van der Waals surface area (Å²) in [6.07, 6.45) is 8.81. The summed E-state index contributed by atoms with van der Waals surface area (Å²) < 4.78 is 5.72. The molecular formula is C28H34N4O2S. The Morgan fingerprint density at radius 3 is 2.69 bits per heavy atom. The number of amides is 1. The average Bonchev–Trinajstić information content (AvgIpc) is 2.85. The molecule has 0 bridgehead atoms. The van der Waals surface area contributed by atoms with Crippen molar-refractivity contribution in [2.45, 2.75) is 51.3 Å². The van der Waals surface area contributed by atoms with Crippen molar-refractivity contribution in [1.29, 1.82) is 0 Å². The van der Waals surface area contributed by atoms with Crippen LogP contribution in [0.4, 0.5) is 5.69 Å². The molecule has 2 aromatic rings. The van der Waals surface area contributed by atoms with Crippen molar-refractivity contribution >= 4 is 39.8 Å². The highest BCUT2D eigenvalue weighted by Crippen LogP contribution is 2.31. The first-order valence-electron chi connectivity index (χ1n) is 11.9. The molecule has 35 heavy (non-hydrogen) atoms. The van der Waals surface area contributed by atoms with Gasteiger partial charge in [0.1, 0.15) is 5.75 Å². The van der Waals surface area contributed by atoms with Crippen LogP contribution in [0.25, 0.3) is 5.70 Å². The second-order valence-electron chi connectivity index (χ2n) is 8.56. The number of allylic oxidation sites excluding steroid dienone is 2. The molecular weight excluding hydrogens is 456 g/mol. The predicted octanol–water partition coefficient (Wildman–Crippen LogP) is 6.02. The van der Waals surface area contributed by atoms with Crippen LogP contribution in [0.2, 0.25) is 0 Å². The Labute approximate surface area is 212 Å². The quantitative estimate of drug-likeness (QED) is 0.463. The number of aryl methyl sites for hydroxylation is 1. The number of nitrogen functional groups attached to an aromatic ring is 1. The van der Waals surface area contributed by atoms with E-state index in [1.807, 2.05) is 56.5 Å². The van der Waals surface area contributed by atoms with Crippen molar-refractivity contribution < 1.29 is 9.53 Å². The zero-order valence-electron chi connectivity index (χ0n) is 20.7. The van der Waals surface area contributed by atoms with Crippen molar-refractivity contribution in [3.8, 4) is 5.75 Å². The van der Waals surface area contributed by atoms with E-state index in [1.165, 1.54) is 0 Å². The molecule has 1 atom stereocenters. The molecule has 0 aromatic heterocycles. The Kier molecular flexibility index (Phi) is 9.73. The van der Waals surface area contributed by atoms with Crippen molar-refractivity contribution in [2.24, 2.45) is 21.6 Å².